The summed E-state index contributed by atoms with van der Waals surface area (Å²) in [5.74, 6) is 0.680. The van der Waals surface area contributed by atoms with Crippen LogP contribution in [-0.2, 0) is 24.1 Å². The predicted octanol–water partition coefficient (Wildman–Crippen LogP) is 3.68. The monoisotopic (exact) mass is 398 g/mol. The number of rotatable bonds is 4. The molecular weight excluding hydrogens is 368 g/mol. The number of ether oxygens (including phenoxy) is 1. The Morgan fingerprint density at radius 3 is 2.70 bits per heavy atom. The van der Waals surface area contributed by atoms with Crippen molar-refractivity contribution in [3.63, 3.8) is 0 Å². The zero-order valence-corrected chi connectivity index (χ0v) is 17.2. The lowest BCUT2D eigenvalue weighted by Gasteiger charge is -2.57. The maximum Gasteiger partial charge on any atom is 0.397 e. The number of allylic oxidation sites excluding steroid dienone is 1. The van der Waals surface area contributed by atoms with E-state index in [2.05, 4.69) is 31.0 Å². The van der Waals surface area contributed by atoms with Gasteiger partial charge in [0.15, 0.2) is 0 Å². The number of fused-ring (bicyclic) bond motifs is 2. The largest absolute Gasteiger partial charge is 0.457 e. The Hall–Kier alpha value is -0.920. The van der Waals surface area contributed by atoms with Crippen molar-refractivity contribution < 1.29 is 26.7 Å². The molecule has 1 aliphatic heterocycles. The maximum absolute atomic E-state index is 12.6. The van der Waals surface area contributed by atoms with Crippen molar-refractivity contribution >= 4 is 16.4 Å². The molecule has 4 aliphatic rings. The topological polar surface area (TPSA) is 89.9 Å². The van der Waals surface area contributed by atoms with Crippen LogP contribution in [0.15, 0.2) is 11.6 Å². The van der Waals surface area contributed by atoms with E-state index in [1.54, 1.807) is 0 Å². The second kappa shape index (κ2) is 6.04. The summed E-state index contributed by atoms with van der Waals surface area (Å²) in [5.41, 5.74) is 1.01. The van der Waals surface area contributed by atoms with Gasteiger partial charge >= 0.3 is 16.4 Å². The normalized spacial score (nSPS) is 46.3. The zero-order valence-electron chi connectivity index (χ0n) is 16.4. The Morgan fingerprint density at radius 1 is 1.26 bits per heavy atom. The molecule has 3 fully saturated rings. The minimum Gasteiger partial charge on any atom is -0.457 e. The maximum atomic E-state index is 12.6. The summed E-state index contributed by atoms with van der Waals surface area (Å²) in [7, 11) is -4.39. The van der Waals surface area contributed by atoms with Crippen molar-refractivity contribution in [2.24, 2.45) is 28.1 Å². The predicted molar refractivity (Wildman–Crippen MR) is 99.1 cm³/mol. The minimum atomic E-state index is -4.39. The standard InChI is InChI=1S/C20H30O6S/c1-18(9-10-25-27(22,23)24)8-5-14-13(12-18)11-15-16-19(14,2)6-4-7-20(16,3)17(21)26-15/h11,14-16H,4-10,12H2,1-3H3,(H,22,23,24). The summed E-state index contributed by atoms with van der Waals surface area (Å²) >= 11 is 0. The lowest BCUT2D eigenvalue weighted by Crippen LogP contribution is -2.53. The highest BCUT2D eigenvalue weighted by atomic mass is 32.3. The van der Waals surface area contributed by atoms with E-state index in [9.17, 15) is 13.2 Å². The van der Waals surface area contributed by atoms with Crippen molar-refractivity contribution in [2.75, 3.05) is 6.61 Å². The van der Waals surface area contributed by atoms with Gasteiger partial charge in [-0.15, -0.1) is 0 Å². The second-order valence-electron chi connectivity index (χ2n) is 9.94. The van der Waals surface area contributed by atoms with Gasteiger partial charge in [-0.05, 0) is 68.3 Å². The number of carbonyl (C=O) groups is 1. The molecule has 0 aromatic heterocycles. The molecule has 0 aromatic carbocycles. The van der Waals surface area contributed by atoms with E-state index in [0.717, 1.165) is 38.5 Å². The molecule has 7 heteroatoms. The lowest BCUT2D eigenvalue weighted by atomic mass is 9.45. The van der Waals surface area contributed by atoms with Gasteiger partial charge < -0.3 is 4.74 Å². The Morgan fingerprint density at radius 2 is 2.00 bits per heavy atom. The van der Waals surface area contributed by atoms with Gasteiger partial charge in [0.25, 0.3) is 0 Å². The van der Waals surface area contributed by atoms with Crippen LogP contribution in [0.3, 0.4) is 0 Å². The van der Waals surface area contributed by atoms with Crippen LogP contribution >= 0.6 is 0 Å². The molecule has 27 heavy (non-hydrogen) atoms. The van der Waals surface area contributed by atoms with Gasteiger partial charge in [-0.3, -0.25) is 9.35 Å². The molecule has 0 amide bonds. The van der Waals surface area contributed by atoms with Crippen molar-refractivity contribution in [2.45, 2.75) is 71.8 Å². The van der Waals surface area contributed by atoms with E-state index >= 15 is 0 Å². The molecule has 1 saturated heterocycles. The molecule has 0 spiro atoms. The molecule has 152 valence electrons. The molecule has 6 atom stereocenters. The first kappa shape index (κ1) is 19.4. The highest BCUT2D eigenvalue weighted by molar-refractivity contribution is 7.80. The summed E-state index contributed by atoms with van der Waals surface area (Å²) in [4.78, 5) is 12.6. The van der Waals surface area contributed by atoms with E-state index < -0.39 is 10.4 Å². The van der Waals surface area contributed by atoms with Gasteiger partial charge in [-0.2, -0.15) is 8.42 Å². The van der Waals surface area contributed by atoms with Gasteiger partial charge in [0, 0.05) is 5.92 Å². The van der Waals surface area contributed by atoms with Gasteiger partial charge in [0.2, 0.25) is 0 Å². The van der Waals surface area contributed by atoms with Crippen LogP contribution < -0.4 is 0 Å². The van der Waals surface area contributed by atoms with Gasteiger partial charge in [-0.25, -0.2) is 4.18 Å². The summed E-state index contributed by atoms with van der Waals surface area (Å²) in [6.45, 7) is 6.59. The van der Waals surface area contributed by atoms with Crippen molar-refractivity contribution in [3.05, 3.63) is 11.6 Å². The highest BCUT2D eigenvalue weighted by Gasteiger charge is 2.66. The summed E-state index contributed by atoms with van der Waals surface area (Å²) in [6, 6.07) is 0. The van der Waals surface area contributed by atoms with E-state index in [4.69, 9.17) is 9.29 Å². The van der Waals surface area contributed by atoms with E-state index in [1.807, 2.05) is 0 Å². The SMILES string of the molecule is CC1(CCOS(=O)(=O)O)CCC2C(=CC3OC(=O)C4(C)CCCC2(C)C34)C1. The first-order chi connectivity index (χ1) is 12.5. The first-order valence-electron chi connectivity index (χ1n) is 10.0. The van der Waals surface area contributed by atoms with Crippen molar-refractivity contribution in [1.29, 1.82) is 0 Å². The molecule has 4 rings (SSSR count). The van der Waals surface area contributed by atoms with Crippen LogP contribution in [0, 0.1) is 28.1 Å². The number of hydrogen-bond donors (Lipinski definition) is 1. The Kier molecular flexibility index (Phi) is 4.34. The summed E-state index contributed by atoms with van der Waals surface area (Å²) in [5, 5.41) is 0. The Bertz CT molecular complexity index is 788. The lowest BCUT2D eigenvalue weighted by molar-refractivity contribution is -0.148. The number of esters is 1. The summed E-state index contributed by atoms with van der Waals surface area (Å²) in [6.07, 6.45) is 8.64. The van der Waals surface area contributed by atoms with Crippen molar-refractivity contribution in [3.8, 4) is 0 Å². The zero-order chi connectivity index (χ0) is 19.7. The van der Waals surface area contributed by atoms with E-state index in [-0.39, 0.29) is 40.8 Å². The van der Waals surface area contributed by atoms with Crippen LogP contribution in [0.2, 0.25) is 0 Å². The molecule has 2 saturated carbocycles. The van der Waals surface area contributed by atoms with Gasteiger partial charge in [0.1, 0.15) is 6.10 Å². The first-order valence-corrected chi connectivity index (χ1v) is 11.4. The highest BCUT2D eigenvalue weighted by Crippen LogP contribution is 2.66. The smallest absolute Gasteiger partial charge is 0.397 e. The molecule has 0 aromatic rings. The third kappa shape index (κ3) is 3.06. The fourth-order valence-corrected chi connectivity index (χ4v) is 7.11. The third-order valence-electron chi connectivity index (χ3n) is 8.07. The van der Waals surface area contributed by atoms with Gasteiger partial charge in [0.05, 0.1) is 12.0 Å². The van der Waals surface area contributed by atoms with Crippen LogP contribution in [-0.4, -0.2) is 31.7 Å². The van der Waals surface area contributed by atoms with Crippen LogP contribution in [0.1, 0.15) is 65.7 Å². The molecule has 1 heterocycles. The fraction of sp³-hybridized carbons (Fsp3) is 0.850. The summed E-state index contributed by atoms with van der Waals surface area (Å²) < 4.78 is 40.8. The molecule has 6 nitrogen and oxygen atoms in total. The average molecular weight is 399 g/mol. The van der Waals surface area contributed by atoms with Crippen LogP contribution in [0.4, 0.5) is 0 Å². The number of carbonyl (C=O) groups excluding carboxylic acids is 1. The molecule has 3 aliphatic carbocycles. The van der Waals surface area contributed by atoms with Crippen LogP contribution in [0.25, 0.3) is 0 Å². The van der Waals surface area contributed by atoms with Crippen molar-refractivity contribution in [1.82, 2.24) is 0 Å². The molecule has 6 unspecified atom stereocenters. The molecule has 0 bridgehead atoms. The van der Waals surface area contributed by atoms with E-state index in [1.165, 1.54) is 5.57 Å². The van der Waals surface area contributed by atoms with E-state index in [0.29, 0.717) is 12.3 Å². The Labute approximate surface area is 161 Å². The van der Waals surface area contributed by atoms with Crippen LogP contribution in [0.5, 0.6) is 0 Å². The Balaban J connectivity index is 1.58. The molecule has 0 radical (unpaired) electrons. The molecule has 1 N–H and O–H groups in total. The molecular formula is C20H30O6S. The second-order valence-corrected chi connectivity index (χ2v) is 11.0. The third-order valence-corrected chi connectivity index (χ3v) is 8.54. The van der Waals surface area contributed by atoms with Gasteiger partial charge in [-0.1, -0.05) is 25.8 Å². The average Bonchev–Trinajstić information content (AvgIpc) is 2.77. The number of hydrogen-bond acceptors (Lipinski definition) is 5. The minimum absolute atomic E-state index is 0.0103. The fourth-order valence-electron chi connectivity index (χ4n) is 6.82. The quantitative estimate of drug-likeness (QED) is 0.441.